The van der Waals surface area contributed by atoms with E-state index in [1.54, 1.807) is 0 Å². The van der Waals surface area contributed by atoms with Gasteiger partial charge in [0, 0.05) is 18.1 Å². The Morgan fingerprint density at radius 1 is 1.38 bits per heavy atom. The Morgan fingerprint density at radius 3 is 2.57 bits per heavy atom. The molecule has 0 aliphatic heterocycles. The van der Waals surface area contributed by atoms with Crippen molar-refractivity contribution in [1.29, 1.82) is 0 Å². The smallest absolute Gasteiger partial charge is 0.230 e. The van der Waals surface area contributed by atoms with Gasteiger partial charge in [0.05, 0.1) is 11.8 Å². The number of thiocarbonyl (C=S) groups is 1. The van der Waals surface area contributed by atoms with E-state index in [1.165, 1.54) is 11.8 Å². The normalized spacial score (nSPS) is 11.8. The van der Waals surface area contributed by atoms with Gasteiger partial charge in [-0.1, -0.05) is 53.8 Å². The number of halogens is 1. The molecule has 1 aromatic rings. The van der Waals surface area contributed by atoms with Crippen LogP contribution in [-0.2, 0) is 4.79 Å². The number of amides is 1. The van der Waals surface area contributed by atoms with Gasteiger partial charge in [0.15, 0.2) is 0 Å². The molecule has 0 radical (unpaired) electrons. The number of rotatable bonds is 6. The second-order valence-corrected chi connectivity index (χ2v) is 6.55. The van der Waals surface area contributed by atoms with E-state index in [4.69, 9.17) is 23.8 Å². The third-order valence-electron chi connectivity index (χ3n) is 3.10. The van der Waals surface area contributed by atoms with Gasteiger partial charge in [0.2, 0.25) is 5.91 Å². The first-order valence-electron chi connectivity index (χ1n) is 6.95. The Bertz CT molecular complexity index is 492. The van der Waals surface area contributed by atoms with Crippen molar-refractivity contribution in [3.05, 3.63) is 34.9 Å². The minimum absolute atomic E-state index is 0.0399. The summed E-state index contributed by atoms with van der Waals surface area (Å²) in [7, 11) is 0. The third-order valence-corrected chi connectivity index (χ3v) is 4.97. The van der Waals surface area contributed by atoms with Gasteiger partial charge in [-0.25, -0.2) is 0 Å². The zero-order valence-electron chi connectivity index (χ0n) is 12.6. The lowest BCUT2D eigenvalue weighted by molar-refractivity contribution is -0.119. The van der Waals surface area contributed by atoms with Crippen molar-refractivity contribution in [1.82, 2.24) is 10.2 Å². The fourth-order valence-electron chi connectivity index (χ4n) is 1.89. The highest BCUT2D eigenvalue weighted by molar-refractivity contribution is 8.23. The van der Waals surface area contributed by atoms with Crippen LogP contribution in [0.4, 0.5) is 0 Å². The van der Waals surface area contributed by atoms with Crippen LogP contribution in [0, 0.1) is 0 Å². The number of nitrogens with zero attached hydrogens (tertiary/aromatic N) is 1. The van der Waals surface area contributed by atoms with Crippen LogP contribution in [0.25, 0.3) is 0 Å². The van der Waals surface area contributed by atoms with Gasteiger partial charge < -0.3 is 10.2 Å². The molecule has 1 aromatic carbocycles. The summed E-state index contributed by atoms with van der Waals surface area (Å²) in [5.74, 6) is 0.284. The fourth-order valence-corrected chi connectivity index (χ4v) is 3.40. The van der Waals surface area contributed by atoms with Gasteiger partial charge >= 0.3 is 0 Å². The number of carbonyl (C=O) groups is 1. The van der Waals surface area contributed by atoms with Gasteiger partial charge in [-0.15, -0.1) is 0 Å². The summed E-state index contributed by atoms with van der Waals surface area (Å²) in [5, 5.41) is 3.61. The average Bonchev–Trinajstić information content (AvgIpc) is 2.46. The summed E-state index contributed by atoms with van der Waals surface area (Å²) >= 11 is 12.8. The van der Waals surface area contributed by atoms with E-state index in [1.807, 2.05) is 31.2 Å². The van der Waals surface area contributed by atoms with E-state index in [0.29, 0.717) is 10.8 Å². The molecule has 116 valence electrons. The molecule has 0 unspecified atom stereocenters. The Hall–Kier alpha value is -0.780. The zero-order valence-corrected chi connectivity index (χ0v) is 14.9. The van der Waals surface area contributed by atoms with Gasteiger partial charge in [-0.3, -0.25) is 4.79 Å². The molecule has 0 fully saturated rings. The predicted octanol–water partition coefficient (Wildman–Crippen LogP) is 3.88. The van der Waals surface area contributed by atoms with Crippen LogP contribution < -0.4 is 5.32 Å². The lowest BCUT2D eigenvalue weighted by Gasteiger charge is -2.21. The fraction of sp³-hybridized carbons (Fsp3) is 0.467. The molecule has 0 bridgehead atoms. The first kappa shape index (κ1) is 18.3. The minimum Gasteiger partial charge on any atom is -0.358 e. The maximum atomic E-state index is 12.0. The molecule has 1 atom stereocenters. The first-order chi connectivity index (χ1) is 9.99. The summed E-state index contributed by atoms with van der Waals surface area (Å²) in [6.07, 6.45) is 0. The molecule has 3 nitrogen and oxygen atoms in total. The van der Waals surface area contributed by atoms with E-state index in [2.05, 4.69) is 24.1 Å². The van der Waals surface area contributed by atoms with Crippen molar-refractivity contribution >= 4 is 45.8 Å². The summed E-state index contributed by atoms with van der Waals surface area (Å²) in [6.45, 7) is 7.75. The molecular weight excluding hydrogens is 324 g/mol. The lowest BCUT2D eigenvalue weighted by Crippen LogP contribution is -2.31. The predicted molar refractivity (Wildman–Crippen MR) is 96.0 cm³/mol. The van der Waals surface area contributed by atoms with Crippen molar-refractivity contribution in [2.24, 2.45) is 0 Å². The van der Waals surface area contributed by atoms with Crippen LogP contribution in [0.1, 0.15) is 32.4 Å². The van der Waals surface area contributed by atoms with Crippen molar-refractivity contribution in [3.8, 4) is 0 Å². The standard InChI is InChI=1S/C15H21ClN2OS2/c1-4-18(5-2)15(20)21-10-14(19)17-11(3)12-8-6-7-9-13(12)16/h6-9,11H,4-5,10H2,1-3H3,(H,17,19)/t11-/m0/s1. The minimum atomic E-state index is -0.117. The number of thioether (sulfide) groups is 1. The molecule has 0 saturated heterocycles. The Labute approximate surface area is 141 Å². The van der Waals surface area contributed by atoms with Crippen LogP contribution in [0.5, 0.6) is 0 Å². The summed E-state index contributed by atoms with van der Waals surface area (Å²) in [6, 6.07) is 7.41. The summed E-state index contributed by atoms with van der Waals surface area (Å²) in [4.78, 5) is 14.0. The van der Waals surface area contributed by atoms with E-state index in [0.717, 1.165) is 23.0 Å². The first-order valence-corrected chi connectivity index (χ1v) is 8.72. The SMILES string of the molecule is CCN(CC)C(=S)SCC(=O)N[C@@H](C)c1ccccc1Cl. The third kappa shape index (κ3) is 5.85. The molecule has 0 aromatic heterocycles. The lowest BCUT2D eigenvalue weighted by atomic mass is 10.1. The van der Waals surface area contributed by atoms with Crippen LogP contribution in [-0.4, -0.2) is 34.0 Å². The summed E-state index contributed by atoms with van der Waals surface area (Å²) in [5.41, 5.74) is 0.920. The molecule has 1 amide bonds. The molecule has 1 rings (SSSR count). The van der Waals surface area contributed by atoms with Gasteiger partial charge in [0.1, 0.15) is 4.32 Å². The van der Waals surface area contributed by atoms with Crippen LogP contribution in [0.3, 0.4) is 0 Å². The molecule has 21 heavy (non-hydrogen) atoms. The van der Waals surface area contributed by atoms with E-state index in [9.17, 15) is 4.79 Å². The maximum absolute atomic E-state index is 12.0. The molecule has 0 aliphatic rings. The van der Waals surface area contributed by atoms with Crippen LogP contribution in [0.15, 0.2) is 24.3 Å². The largest absolute Gasteiger partial charge is 0.358 e. The van der Waals surface area contributed by atoms with E-state index < -0.39 is 0 Å². The Morgan fingerprint density at radius 2 is 2.00 bits per heavy atom. The average molecular weight is 345 g/mol. The quantitative estimate of drug-likeness (QED) is 0.794. The topological polar surface area (TPSA) is 32.3 Å². The Kier molecular flexibility index (Phi) is 8.07. The molecule has 0 spiro atoms. The Balaban J connectivity index is 2.47. The van der Waals surface area contributed by atoms with E-state index in [-0.39, 0.29) is 11.9 Å². The van der Waals surface area contributed by atoms with Gasteiger partial charge in [-0.05, 0) is 32.4 Å². The van der Waals surface area contributed by atoms with Crippen molar-refractivity contribution in [2.75, 3.05) is 18.8 Å². The number of hydrogen-bond acceptors (Lipinski definition) is 3. The highest BCUT2D eigenvalue weighted by Gasteiger charge is 2.14. The maximum Gasteiger partial charge on any atom is 0.230 e. The van der Waals surface area contributed by atoms with Crippen molar-refractivity contribution in [3.63, 3.8) is 0 Å². The molecule has 1 N–H and O–H groups in total. The van der Waals surface area contributed by atoms with Crippen molar-refractivity contribution in [2.45, 2.75) is 26.8 Å². The molecule has 6 heteroatoms. The molecular formula is C15H21ClN2OS2. The van der Waals surface area contributed by atoms with Crippen LogP contribution >= 0.6 is 35.6 Å². The van der Waals surface area contributed by atoms with Crippen molar-refractivity contribution < 1.29 is 4.79 Å². The second-order valence-electron chi connectivity index (χ2n) is 4.54. The highest BCUT2D eigenvalue weighted by atomic mass is 35.5. The highest BCUT2D eigenvalue weighted by Crippen LogP contribution is 2.22. The van der Waals surface area contributed by atoms with E-state index >= 15 is 0 Å². The van der Waals surface area contributed by atoms with Gasteiger partial charge in [-0.2, -0.15) is 0 Å². The number of nitrogens with one attached hydrogen (secondary N) is 1. The number of benzene rings is 1. The molecule has 0 heterocycles. The monoisotopic (exact) mass is 344 g/mol. The molecule has 0 aliphatic carbocycles. The number of hydrogen-bond donors (Lipinski definition) is 1. The van der Waals surface area contributed by atoms with Crippen LogP contribution in [0.2, 0.25) is 5.02 Å². The zero-order chi connectivity index (χ0) is 15.8. The number of carbonyl (C=O) groups excluding carboxylic acids is 1. The summed E-state index contributed by atoms with van der Waals surface area (Å²) < 4.78 is 0.764. The second kappa shape index (κ2) is 9.28. The van der Waals surface area contributed by atoms with Gasteiger partial charge in [0.25, 0.3) is 0 Å². The molecule has 0 saturated carbocycles.